The van der Waals surface area contributed by atoms with Crippen molar-refractivity contribution in [3.05, 3.63) is 51.8 Å². The fourth-order valence-corrected chi connectivity index (χ4v) is 3.88. The predicted molar refractivity (Wildman–Crippen MR) is 107 cm³/mol. The number of alkyl halides is 3. The Labute approximate surface area is 177 Å². The summed E-state index contributed by atoms with van der Waals surface area (Å²) in [5.41, 5.74) is -1.91. The number of aromatic nitrogens is 2. The topological polar surface area (TPSA) is 84.7 Å². The van der Waals surface area contributed by atoms with E-state index in [1.807, 2.05) is 6.92 Å². The third-order valence-electron chi connectivity index (χ3n) is 5.37. The Morgan fingerprint density at radius 2 is 1.97 bits per heavy atom. The van der Waals surface area contributed by atoms with Crippen molar-refractivity contribution in [3.63, 3.8) is 0 Å². The molecule has 1 aliphatic heterocycles. The Hall–Kier alpha value is -3.04. The number of carbonyl (C=O) groups is 1. The van der Waals surface area contributed by atoms with Crippen LogP contribution in [-0.4, -0.2) is 40.6 Å². The van der Waals surface area contributed by atoms with E-state index in [0.29, 0.717) is 30.7 Å². The van der Waals surface area contributed by atoms with Crippen LogP contribution in [0.1, 0.15) is 37.3 Å². The molecule has 2 atom stereocenters. The summed E-state index contributed by atoms with van der Waals surface area (Å²) in [6, 6.07) is 7.13. The predicted octanol–water partition coefficient (Wildman–Crippen LogP) is 3.40. The smallest absolute Gasteiger partial charge is 0.421 e. The number of ether oxygens (including phenoxy) is 1. The number of hydrogen-bond donors (Lipinski definition) is 1. The van der Waals surface area contributed by atoms with E-state index in [2.05, 4.69) is 5.10 Å². The van der Waals surface area contributed by atoms with Crippen molar-refractivity contribution >= 4 is 11.8 Å². The molecule has 0 unspecified atom stereocenters. The maximum absolute atomic E-state index is 13.6. The van der Waals surface area contributed by atoms with E-state index in [1.165, 1.54) is 7.11 Å². The lowest BCUT2D eigenvalue weighted by Gasteiger charge is -2.26. The average Bonchev–Trinajstić information content (AvgIpc) is 3.08. The summed E-state index contributed by atoms with van der Waals surface area (Å²) in [4.78, 5) is 25.2. The lowest BCUT2D eigenvalue weighted by atomic mass is 10.0. The molecule has 10 heteroatoms. The molecule has 1 aliphatic rings. The zero-order chi connectivity index (χ0) is 22.8. The molecule has 168 valence electrons. The molecule has 1 saturated heterocycles. The highest BCUT2D eigenvalue weighted by atomic mass is 19.4. The zero-order valence-corrected chi connectivity index (χ0v) is 17.2. The summed E-state index contributed by atoms with van der Waals surface area (Å²) in [7, 11) is 1.50. The summed E-state index contributed by atoms with van der Waals surface area (Å²) in [6.45, 7) is 2.25. The maximum atomic E-state index is 13.6. The quantitative estimate of drug-likeness (QED) is 0.712. The number of nitrogens with zero attached hydrogens (tertiary/aromatic N) is 3. The number of carboxylic acid groups (broad SMARTS) is 1. The second kappa shape index (κ2) is 8.99. The van der Waals surface area contributed by atoms with Crippen molar-refractivity contribution in [1.82, 2.24) is 9.78 Å². The number of rotatable bonds is 7. The minimum absolute atomic E-state index is 0.0279. The van der Waals surface area contributed by atoms with Crippen molar-refractivity contribution in [2.75, 3.05) is 18.6 Å². The van der Waals surface area contributed by atoms with E-state index in [0.717, 1.165) is 10.7 Å². The minimum Gasteiger partial charge on any atom is -0.497 e. The number of aliphatic carboxylic acids is 1. The molecule has 2 aromatic rings. The van der Waals surface area contributed by atoms with Crippen LogP contribution < -0.4 is 15.2 Å². The van der Waals surface area contributed by atoms with Crippen LogP contribution in [0.5, 0.6) is 5.75 Å². The first kappa shape index (κ1) is 22.6. The van der Waals surface area contributed by atoms with Gasteiger partial charge in [-0.1, -0.05) is 19.1 Å². The van der Waals surface area contributed by atoms with Gasteiger partial charge in [-0.2, -0.15) is 18.3 Å². The fraction of sp³-hybridized carbons (Fsp3) is 0.476. The van der Waals surface area contributed by atoms with Crippen molar-refractivity contribution < 1.29 is 27.8 Å². The van der Waals surface area contributed by atoms with Crippen molar-refractivity contribution in [3.8, 4) is 5.75 Å². The van der Waals surface area contributed by atoms with Gasteiger partial charge in [-0.05, 0) is 36.5 Å². The molecule has 1 aromatic carbocycles. The molecule has 0 aliphatic carbocycles. The van der Waals surface area contributed by atoms with Gasteiger partial charge in [0.1, 0.15) is 17.1 Å². The molecule has 1 aromatic heterocycles. The molecular formula is C21H24F3N3O4. The van der Waals surface area contributed by atoms with Crippen LogP contribution in [0.4, 0.5) is 19.0 Å². The molecule has 31 heavy (non-hydrogen) atoms. The van der Waals surface area contributed by atoms with Gasteiger partial charge in [0.2, 0.25) is 0 Å². The van der Waals surface area contributed by atoms with Gasteiger partial charge in [0, 0.05) is 25.1 Å². The number of hydrogen-bond acceptors (Lipinski definition) is 5. The Balaban J connectivity index is 2.00. The van der Waals surface area contributed by atoms with Crippen LogP contribution >= 0.6 is 0 Å². The molecular weight excluding hydrogens is 415 g/mol. The van der Waals surface area contributed by atoms with E-state index in [1.54, 1.807) is 29.2 Å². The first-order valence-electron chi connectivity index (χ1n) is 9.89. The Morgan fingerprint density at radius 3 is 2.55 bits per heavy atom. The first-order chi connectivity index (χ1) is 14.6. The third kappa shape index (κ3) is 5.36. The summed E-state index contributed by atoms with van der Waals surface area (Å²) < 4.78 is 46.7. The summed E-state index contributed by atoms with van der Waals surface area (Å²) in [5.74, 6) is -0.189. The molecule has 1 N–H and O–H groups in total. The lowest BCUT2D eigenvalue weighted by Crippen LogP contribution is -2.36. The van der Waals surface area contributed by atoms with Crippen LogP contribution in [0.3, 0.4) is 0 Å². The van der Waals surface area contributed by atoms with Crippen molar-refractivity contribution in [2.45, 2.75) is 44.9 Å². The second-order valence-corrected chi connectivity index (χ2v) is 7.80. The molecule has 0 amide bonds. The molecule has 2 heterocycles. The average molecular weight is 439 g/mol. The minimum atomic E-state index is -4.83. The van der Waals surface area contributed by atoms with Crippen LogP contribution in [0.2, 0.25) is 0 Å². The maximum Gasteiger partial charge on any atom is 0.421 e. The molecule has 1 fully saturated rings. The zero-order valence-electron chi connectivity index (χ0n) is 17.2. The lowest BCUT2D eigenvalue weighted by molar-refractivity contribution is -0.139. The van der Waals surface area contributed by atoms with Gasteiger partial charge < -0.3 is 14.7 Å². The molecule has 7 nitrogen and oxygen atoms in total. The van der Waals surface area contributed by atoms with Gasteiger partial charge in [-0.3, -0.25) is 9.59 Å². The summed E-state index contributed by atoms with van der Waals surface area (Å²) in [5, 5.41) is 13.2. The Morgan fingerprint density at radius 1 is 1.29 bits per heavy atom. The highest BCUT2D eigenvalue weighted by molar-refractivity contribution is 5.66. The largest absolute Gasteiger partial charge is 0.497 e. The number of carboxylic acids is 1. The SMILES string of the molecule is COc1ccc(Cn2nc(N3C[C@H](C)C[C@H]3CCC(=O)O)cc(C(F)(F)F)c2=O)cc1. The Kier molecular flexibility index (Phi) is 6.56. The van der Waals surface area contributed by atoms with Gasteiger partial charge in [-0.15, -0.1) is 0 Å². The van der Waals surface area contributed by atoms with E-state index in [9.17, 15) is 22.8 Å². The van der Waals surface area contributed by atoms with Crippen molar-refractivity contribution in [1.29, 1.82) is 0 Å². The molecule has 0 saturated carbocycles. The number of halogens is 3. The number of benzene rings is 1. The van der Waals surface area contributed by atoms with Crippen LogP contribution in [0.15, 0.2) is 35.1 Å². The molecule has 0 radical (unpaired) electrons. The Bertz CT molecular complexity index is 989. The molecule has 3 rings (SSSR count). The van der Waals surface area contributed by atoms with Crippen LogP contribution in [-0.2, 0) is 17.5 Å². The number of methoxy groups -OCH3 is 1. The molecule has 0 bridgehead atoms. The van der Waals surface area contributed by atoms with Crippen LogP contribution in [0.25, 0.3) is 0 Å². The second-order valence-electron chi connectivity index (χ2n) is 7.80. The van der Waals surface area contributed by atoms with Gasteiger partial charge in [0.05, 0.1) is 13.7 Å². The highest BCUT2D eigenvalue weighted by Crippen LogP contribution is 2.33. The van der Waals surface area contributed by atoms with Crippen molar-refractivity contribution in [2.24, 2.45) is 5.92 Å². The third-order valence-corrected chi connectivity index (χ3v) is 5.37. The van der Waals surface area contributed by atoms with Gasteiger partial charge in [0.15, 0.2) is 0 Å². The van der Waals surface area contributed by atoms with E-state index in [4.69, 9.17) is 9.84 Å². The van der Waals surface area contributed by atoms with Crippen LogP contribution in [0, 0.1) is 5.92 Å². The van der Waals surface area contributed by atoms with E-state index in [-0.39, 0.29) is 30.7 Å². The molecule has 0 spiro atoms. The van der Waals surface area contributed by atoms with E-state index < -0.39 is 23.3 Å². The number of anilines is 1. The summed E-state index contributed by atoms with van der Waals surface area (Å²) in [6.07, 6.45) is -3.99. The highest BCUT2D eigenvalue weighted by Gasteiger charge is 2.38. The van der Waals surface area contributed by atoms with E-state index >= 15 is 0 Å². The van der Waals surface area contributed by atoms with Gasteiger partial charge >= 0.3 is 12.1 Å². The standard InChI is InChI=1S/C21H24F3N3O4/c1-13-9-15(5-8-19(28)29)26(11-13)18-10-17(21(22,23)24)20(30)27(25-18)12-14-3-6-16(31-2)7-4-14/h3-4,6-7,10,13,15H,5,8-9,11-12H2,1-2H3,(H,28,29)/t13-,15-/m1/s1. The van der Waals surface area contributed by atoms with Gasteiger partial charge in [-0.25, -0.2) is 4.68 Å². The summed E-state index contributed by atoms with van der Waals surface area (Å²) >= 11 is 0. The first-order valence-corrected chi connectivity index (χ1v) is 9.89. The fourth-order valence-electron chi connectivity index (χ4n) is 3.88. The monoisotopic (exact) mass is 439 g/mol. The normalized spacial score (nSPS) is 18.9. The van der Waals surface area contributed by atoms with Gasteiger partial charge in [0.25, 0.3) is 5.56 Å².